The van der Waals surface area contributed by atoms with Crippen molar-refractivity contribution in [3.63, 3.8) is 0 Å². The van der Waals surface area contributed by atoms with E-state index in [1.807, 2.05) is 13.8 Å². The Kier molecular flexibility index (Phi) is 5.25. The van der Waals surface area contributed by atoms with Gasteiger partial charge in [-0.15, -0.1) is 0 Å². The highest BCUT2D eigenvalue weighted by atomic mass is 19.4. The van der Waals surface area contributed by atoms with Gasteiger partial charge in [0, 0.05) is 39.3 Å². The van der Waals surface area contributed by atoms with Crippen LogP contribution in [0.5, 0.6) is 0 Å². The van der Waals surface area contributed by atoms with Gasteiger partial charge in [0.15, 0.2) is 0 Å². The Labute approximate surface area is 105 Å². The van der Waals surface area contributed by atoms with Crippen LogP contribution in [-0.4, -0.2) is 72.7 Å². The summed E-state index contributed by atoms with van der Waals surface area (Å²) < 4.78 is 36.6. The summed E-state index contributed by atoms with van der Waals surface area (Å²) in [5.41, 5.74) is 0. The molecule has 1 fully saturated rings. The molecule has 106 valence electrons. The molecule has 0 aromatic heterocycles. The lowest BCUT2D eigenvalue weighted by Crippen LogP contribution is -2.54. The van der Waals surface area contributed by atoms with Crippen LogP contribution in [0.3, 0.4) is 0 Å². The van der Waals surface area contributed by atoms with Crippen LogP contribution in [-0.2, 0) is 0 Å². The lowest BCUT2D eigenvalue weighted by Gasteiger charge is -2.37. The first-order chi connectivity index (χ1) is 8.37. The second-order valence-electron chi connectivity index (χ2n) is 4.33. The van der Waals surface area contributed by atoms with E-state index in [-0.39, 0.29) is 19.1 Å². The zero-order valence-corrected chi connectivity index (χ0v) is 10.8. The number of piperazine rings is 1. The third-order valence-corrected chi connectivity index (χ3v) is 3.08. The summed E-state index contributed by atoms with van der Waals surface area (Å²) in [6.45, 7) is 5.44. The monoisotopic (exact) mass is 267 g/mol. The average Bonchev–Trinajstić information content (AvgIpc) is 2.29. The topological polar surface area (TPSA) is 26.8 Å². The Bertz CT molecular complexity index is 271. The fraction of sp³-hybridized carbons (Fsp3) is 0.909. The van der Waals surface area contributed by atoms with E-state index >= 15 is 0 Å². The highest BCUT2D eigenvalue weighted by molar-refractivity contribution is 5.74. The number of carbonyl (C=O) groups excluding carboxylic acids is 1. The van der Waals surface area contributed by atoms with Gasteiger partial charge in [-0.1, -0.05) is 0 Å². The number of amides is 2. The summed E-state index contributed by atoms with van der Waals surface area (Å²) in [6, 6.07) is -0.0772. The molecule has 7 heteroatoms. The molecule has 2 amide bonds. The van der Waals surface area contributed by atoms with Crippen LogP contribution in [0.15, 0.2) is 0 Å². The maximum Gasteiger partial charge on any atom is 0.401 e. The second kappa shape index (κ2) is 6.26. The first kappa shape index (κ1) is 15.1. The average molecular weight is 267 g/mol. The Balaban J connectivity index is 2.41. The summed E-state index contributed by atoms with van der Waals surface area (Å²) in [5, 5.41) is 0. The van der Waals surface area contributed by atoms with Crippen molar-refractivity contribution in [3.05, 3.63) is 0 Å². The Hall–Kier alpha value is -0.980. The summed E-state index contributed by atoms with van der Waals surface area (Å²) in [4.78, 5) is 16.6. The molecule has 0 spiro atoms. The van der Waals surface area contributed by atoms with E-state index in [1.165, 1.54) is 4.90 Å². The second-order valence-corrected chi connectivity index (χ2v) is 4.33. The maximum atomic E-state index is 12.2. The molecule has 1 rings (SSSR count). The van der Waals surface area contributed by atoms with Crippen LogP contribution in [0, 0.1) is 0 Å². The number of hydrogen-bond acceptors (Lipinski definition) is 2. The molecule has 0 atom stereocenters. The number of alkyl halides is 3. The normalized spacial score (nSPS) is 17.9. The molecular weight excluding hydrogens is 247 g/mol. The zero-order valence-electron chi connectivity index (χ0n) is 10.8. The molecule has 0 N–H and O–H groups in total. The third-order valence-electron chi connectivity index (χ3n) is 3.08. The molecule has 18 heavy (non-hydrogen) atoms. The van der Waals surface area contributed by atoms with Gasteiger partial charge in [-0.3, -0.25) is 4.90 Å². The van der Waals surface area contributed by atoms with Crippen molar-refractivity contribution in [1.82, 2.24) is 14.7 Å². The molecule has 1 aliphatic heterocycles. The van der Waals surface area contributed by atoms with Crippen LogP contribution in [0.25, 0.3) is 0 Å². The van der Waals surface area contributed by atoms with E-state index in [9.17, 15) is 18.0 Å². The Morgan fingerprint density at radius 1 is 1.11 bits per heavy atom. The fourth-order valence-electron chi connectivity index (χ4n) is 2.04. The summed E-state index contributed by atoms with van der Waals surface area (Å²) in [5.74, 6) is 0. The number of nitrogens with zero attached hydrogens (tertiary/aromatic N) is 3. The summed E-state index contributed by atoms with van der Waals surface area (Å²) in [6.07, 6.45) is -4.16. The van der Waals surface area contributed by atoms with E-state index in [0.29, 0.717) is 26.2 Å². The van der Waals surface area contributed by atoms with E-state index in [4.69, 9.17) is 0 Å². The predicted octanol–water partition coefficient (Wildman–Crippen LogP) is 1.63. The van der Waals surface area contributed by atoms with Crippen molar-refractivity contribution in [3.8, 4) is 0 Å². The largest absolute Gasteiger partial charge is 0.401 e. The maximum absolute atomic E-state index is 12.2. The van der Waals surface area contributed by atoms with Gasteiger partial charge < -0.3 is 9.80 Å². The van der Waals surface area contributed by atoms with Crippen molar-refractivity contribution in [2.75, 3.05) is 45.8 Å². The van der Waals surface area contributed by atoms with Gasteiger partial charge in [0.1, 0.15) is 0 Å². The van der Waals surface area contributed by atoms with Crippen LogP contribution >= 0.6 is 0 Å². The van der Waals surface area contributed by atoms with Crippen LogP contribution in [0.1, 0.15) is 13.8 Å². The number of urea groups is 1. The standard InChI is InChI=1S/C11H20F3N3O/c1-3-16(4-2)10(18)17-7-5-15(6-8-17)9-11(12,13)14/h3-9H2,1-2H3. The fourth-order valence-corrected chi connectivity index (χ4v) is 2.04. The van der Waals surface area contributed by atoms with Crippen LogP contribution in [0.2, 0.25) is 0 Å². The predicted molar refractivity (Wildman–Crippen MR) is 62.4 cm³/mol. The van der Waals surface area contributed by atoms with E-state index in [2.05, 4.69) is 0 Å². The molecule has 0 aromatic carbocycles. The highest BCUT2D eigenvalue weighted by Gasteiger charge is 2.33. The van der Waals surface area contributed by atoms with Crippen LogP contribution in [0.4, 0.5) is 18.0 Å². The highest BCUT2D eigenvalue weighted by Crippen LogP contribution is 2.17. The van der Waals surface area contributed by atoms with Gasteiger partial charge in [-0.05, 0) is 13.8 Å². The minimum absolute atomic E-state index is 0.0772. The number of halogens is 3. The zero-order chi connectivity index (χ0) is 13.8. The molecule has 0 aromatic rings. The lowest BCUT2D eigenvalue weighted by molar-refractivity contribution is -0.148. The van der Waals surface area contributed by atoms with E-state index < -0.39 is 12.7 Å². The van der Waals surface area contributed by atoms with Crippen molar-refractivity contribution < 1.29 is 18.0 Å². The first-order valence-corrected chi connectivity index (χ1v) is 6.20. The molecule has 0 unspecified atom stereocenters. The quantitative estimate of drug-likeness (QED) is 0.777. The molecule has 1 saturated heterocycles. The summed E-state index contributed by atoms with van der Waals surface area (Å²) in [7, 11) is 0. The first-order valence-electron chi connectivity index (χ1n) is 6.20. The van der Waals surface area contributed by atoms with E-state index in [0.717, 1.165) is 0 Å². The molecular formula is C11H20F3N3O. The number of carbonyl (C=O) groups is 1. The van der Waals surface area contributed by atoms with Crippen molar-refractivity contribution in [2.45, 2.75) is 20.0 Å². The summed E-state index contributed by atoms with van der Waals surface area (Å²) >= 11 is 0. The van der Waals surface area contributed by atoms with Gasteiger partial charge in [-0.2, -0.15) is 13.2 Å². The molecule has 0 bridgehead atoms. The smallest absolute Gasteiger partial charge is 0.325 e. The van der Waals surface area contributed by atoms with Crippen LogP contribution < -0.4 is 0 Å². The SMILES string of the molecule is CCN(CC)C(=O)N1CCN(CC(F)(F)F)CC1. The van der Waals surface area contributed by atoms with Crippen molar-refractivity contribution in [1.29, 1.82) is 0 Å². The minimum atomic E-state index is -4.16. The van der Waals surface area contributed by atoms with Crippen molar-refractivity contribution >= 4 is 6.03 Å². The molecule has 0 radical (unpaired) electrons. The third kappa shape index (κ3) is 4.36. The molecule has 0 saturated carbocycles. The number of rotatable bonds is 3. The number of hydrogen-bond donors (Lipinski definition) is 0. The van der Waals surface area contributed by atoms with Gasteiger partial charge in [0.25, 0.3) is 0 Å². The molecule has 4 nitrogen and oxygen atoms in total. The van der Waals surface area contributed by atoms with Gasteiger partial charge in [0.05, 0.1) is 6.54 Å². The minimum Gasteiger partial charge on any atom is -0.325 e. The van der Waals surface area contributed by atoms with Gasteiger partial charge in [-0.25, -0.2) is 4.79 Å². The molecule has 0 aliphatic carbocycles. The van der Waals surface area contributed by atoms with E-state index in [1.54, 1.807) is 9.80 Å². The Morgan fingerprint density at radius 3 is 2.00 bits per heavy atom. The lowest BCUT2D eigenvalue weighted by atomic mass is 10.3. The molecule has 1 aliphatic rings. The van der Waals surface area contributed by atoms with Gasteiger partial charge >= 0.3 is 12.2 Å². The van der Waals surface area contributed by atoms with Crippen molar-refractivity contribution in [2.24, 2.45) is 0 Å². The molecule has 1 heterocycles. The van der Waals surface area contributed by atoms with Gasteiger partial charge in [0.2, 0.25) is 0 Å². The Morgan fingerprint density at radius 2 is 1.61 bits per heavy atom.